The van der Waals surface area contributed by atoms with Gasteiger partial charge in [-0.1, -0.05) is 37.3 Å². The van der Waals surface area contributed by atoms with Crippen LogP contribution in [-0.4, -0.2) is 25.6 Å². The molecule has 0 heterocycles. The summed E-state index contributed by atoms with van der Waals surface area (Å²) in [6, 6.07) is 10.1. The van der Waals surface area contributed by atoms with Crippen molar-refractivity contribution < 1.29 is 9.53 Å². The lowest BCUT2D eigenvalue weighted by atomic mass is 10.1. The number of rotatable bonds is 10. The van der Waals surface area contributed by atoms with Crippen molar-refractivity contribution in [1.29, 1.82) is 0 Å². The van der Waals surface area contributed by atoms with E-state index in [2.05, 4.69) is 5.32 Å². The van der Waals surface area contributed by atoms with Crippen LogP contribution in [0.2, 0.25) is 0 Å². The second-order valence-electron chi connectivity index (χ2n) is 5.01. The van der Waals surface area contributed by atoms with Crippen LogP contribution in [0.5, 0.6) is 0 Å². The minimum absolute atomic E-state index is 0.0452. The molecule has 1 amide bonds. The van der Waals surface area contributed by atoms with Crippen LogP contribution in [0.4, 0.5) is 0 Å². The predicted octanol–water partition coefficient (Wildman–Crippen LogP) is 2.08. The lowest BCUT2D eigenvalue weighted by Gasteiger charge is -2.11. The molecule has 0 aromatic heterocycles. The minimum atomic E-state index is 0.0452. The topological polar surface area (TPSA) is 64.4 Å². The van der Waals surface area contributed by atoms with Gasteiger partial charge in [-0.15, -0.1) is 0 Å². The first-order valence-electron chi connectivity index (χ1n) is 7.33. The summed E-state index contributed by atoms with van der Waals surface area (Å²) in [6.45, 7) is 4.54. The Kier molecular flexibility index (Phi) is 8.67. The first-order chi connectivity index (χ1) is 9.74. The summed E-state index contributed by atoms with van der Waals surface area (Å²) in [5.74, 6) is 0.158. The Hall–Kier alpha value is -1.39. The van der Waals surface area contributed by atoms with E-state index in [1.165, 1.54) is 5.56 Å². The Morgan fingerprint density at radius 1 is 1.30 bits per heavy atom. The van der Waals surface area contributed by atoms with E-state index in [4.69, 9.17) is 10.5 Å². The molecule has 1 unspecified atom stereocenters. The maximum absolute atomic E-state index is 11.7. The summed E-state index contributed by atoms with van der Waals surface area (Å²) in [6.07, 6.45) is 2.59. The fourth-order valence-corrected chi connectivity index (χ4v) is 1.88. The zero-order chi connectivity index (χ0) is 14.6. The molecule has 0 aliphatic heterocycles. The Morgan fingerprint density at radius 3 is 2.75 bits per heavy atom. The fourth-order valence-electron chi connectivity index (χ4n) is 1.88. The minimum Gasteiger partial charge on any atom is -0.377 e. The molecule has 1 aromatic rings. The van der Waals surface area contributed by atoms with Gasteiger partial charge in [0.1, 0.15) is 0 Å². The fraction of sp³-hybridized carbons (Fsp3) is 0.562. The molecular formula is C16H26N2O2. The van der Waals surface area contributed by atoms with Gasteiger partial charge in [0.05, 0.1) is 6.61 Å². The number of carbonyl (C=O) groups excluding carboxylic acids is 1. The van der Waals surface area contributed by atoms with Crippen LogP contribution in [0.3, 0.4) is 0 Å². The van der Waals surface area contributed by atoms with E-state index in [1.54, 1.807) is 0 Å². The first-order valence-corrected chi connectivity index (χ1v) is 7.33. The molecule has 0 saturated carbocycles. The molecule has 20 heavy (non-hydrogen) atoms. The molecule has 3 N–H and O–H groups in total. The van der Waals surface area contributed by atoms with Crippen molar-refractivity contribution in [3.63, 3.8) is 0 Å². The first kappa shape index (κ1) is 16.7. The summed E-state index contributed by atoms with van der Waals surface area (Å²) in [5.41, 5.74) is 6.60. The Balaban J connectivity index is 2.00. The number of ether oxygens (including phenoxy) is 1. The number of carbonyl (C=O) groups is 1. The third kappa shape index (κ3) is 7.26. The van der Waals surface area contributed by atoms with Crippen molar-refractivity contribution in [3.05, 3.63) is 35.9 Å². The normalized spacial score (nSPS) is 12.1. The Labute approximate surface area is 121 Å². The monoisotopic (exact) mass is 278 g/mol. The van der Waals surface area contributed by atoms with Gasteiger partial charge in [-0.2, -0.15) is 0 Å². The van der Waals surface area contributed by atoms with Crippen LogP contribution in [0.1, 0.15) is 31.7 Å². The Bertz CT molecular complexity index is 368. The molecule has 0 bridgehead atoms. The van der Waals surface area contributed by atoms with Gasteiger partial charge in [0.25, 0.3) is 0 Å². The van der Waals surface area contributed by atoms with E-state index in [-0.39, 0.29) is 11.8 Å². The van der Waals surface area contributed by atoms with Crippen LogP contribution in [0.25, 0.3) is 0 Å². The van der Waals surface area contributed by atoms with Gasteiger partial charge in [-0.05, 0) is 31.4 Å². The summed E-state index contributed by atoms with van der Waals surface area (Å²) in [7, 11) is 0. The van der Waals surface area contributed by atoms with Gasteiger partial charge in [-0.25, -0.2) is 0 Å². The van der Waals surface area contributed by atoms with E-state index in [0.717, 1.165) is 19.3 Å². The Morgan fingerprint density at radius 2 is 2.05 bits per heavy atom. The number of benzene rings is 1. The van der Waals surface area contributed by atoms with Crippen LogP contribution in [0, 0.1) is 5.92 Å². The lowest BCUT2D eigenvalue weighted by Crippen LogP contribution is -2.30. The van der Waals surface area contributed by atoms with E-state index >= 15 is 0 Å². The molecular weight excluding hydrogens is 252 g/mol. The molecule has 0 aliphatic carbocycles. The molecule has 0 spiro atoms. The van der Waals surface area contributed by atoms with E-state index in [9.17, 15) is 4.79 Å². The number of nitrogens with one attached hydrogen (secondary N) is 1. The average Bonchev–Trinajstić information content (AvgIpc) is 2.49. The van der Waals surface area contributed by atoms with E-state index in [1.807, 2.05) is 37.3 Å². The predicted molar refractivity (Wildman–Crippen MR) is 81.2 cm³/mol. The molecule has 4 heteroatoms. The highest BCUT2D eigenvalue weighted by Crippen LogP contribution is 2.04. The lowest BCUT2D eigenvalue weighted by molar-refractivity contribution is -0.124. The third-order valence-electron chi connectivity index (χ3n) is 3.17. The van der Waals surface area contributed by atoms with Crippen molar-refractivity contribution in [3.8, 4) is 0 Å². The molecule has 0 fully saturated rings. The maximum Gasteiger partial charge on any atom is 0.222 e. The zero-order valence-corrected chi connectivity index (χ0v) is 12.3. The van der Waals surface area contributed by atoms with Crippen molar-refractivity contribution in [1.82, 2.24) is 5.32 Å². The van der Waals surface area contributed by atoms with Gasteiger partial charge < -0.3 is 15.8 Å². The molecule has 0 radical (unpaired) electrons. The molecule has 4 nitrogen and oxygen atoms in total. The second-order valence-corrected chi connectivity index (χ2v) is 5.01. The van der Waals surface area contributed by atoms with Crippen molar-refractivity contribution >= 4 is 5.91 Å². The SMILES string of the molecule is CC(CCCN)C(=O)NCCCOCc1ccccc1. The molecule has 1 aromatic carbocycles. The molecule has 1 rings (SSSR count). The van der Waals surface area contributed by atoms with Gasteiger partial charge in [0, 0.05) is 19.1 Å². The smallest absolute Gasteiger partial charge is 0.222 e. The third-order valence-corrected chi connectivity index (χ3v) is 3.17. The van der Waals surface area contributed by atoms with Crippen molar-refractivity contribution in [2.75, 3.05) is 19.7 Å². The number of amides is 1. The van der Waals surface area contributed by atoms with Gasteiger partial charge in [-0.3, -0.25) is 4.79 Å². The van der Waals surface area contributed by atoms with Crippen LogP contribution >= 0.6 is 0 Å². The second kappa shape index (κ2) is 10.4. The molecule has 0 aliphatic rings. The molecule has 1 atom stereocenters. The largest absolute Gasteiger partial charge is 0.377 e. The van der Waals surface area contributed by atoms with Crippen LogP contribution < -0.4 is 11.1 Å². The van der Waals surface area contributed by atoms with Crippen LogP contribution in [-0.2, 0) is 16.1 Å². The molecule has 0 saturated heterocycles. The summed E-state index contributed by atoms with van der Waals surface area (Å²) >= 11 is 0. The quantitative estimate of drug-likeness (QED) is 0.644. The summed E-state index contributed by atoms with van der Waals surface area (Å²) < 4.78 is 5.56. The van der Waals surface area contributed by atoms with E-state index in [0.29, 0.717) is 26.3 Å². The van der Waals surface area contributed by atoms with Gasteiger partial charge in [0.2, 0.25) is 5.91 Å². The summed E-state index contributed by atoms with van der Waals surface area (Å²) in [5, 5.41) is 2.93. The van der Waals surface area contributed by atoms with Crippen molar-refractivity contribution in [2.45, 2.75) is 32.8 Å². The van der Waals surface area contributed by atoms with Gasteiger partial charge in [0.15, 0.2) is 0 Å². The highest BCUT2D eigenvalue weighted by Gasteiger charge is 2.10. The molecule has 112 valence electrons. The summed E-state index contributed by atoms with van der Waals surface area (Å²) in [4.78, 5) is 11.7. The van der Waals surface area contributed by atoms with Gasteiger partial charge >= 0.3 is 0 Å². The zero-order valence-electron chi connectivity index (χ0n) is 12.3. The number of hydrogen-bond acceptors (Lipinski definition) is 3. The van der Waals surface area contributed by atoms with Crippen LogP contribution in [0.15, 0.2) is 30.3 Å². The maximum atomic E-state index is 11.7. The number of hydrogen-bond donors (Lipinski definition) is 2. The number of nitrogens with two attached hydrogens (primary N) is 1. The standard InChI is InChI=1S/C16H26N2O2/c1-14(7-5-10-17)16(19)18-11-6-12-20-13-15-8-3-2-4-9-15/h2-4,8-9,14H,5-7,10-13,17H2,1H3,(H,18,19). The average molecular weight is 278 g/mol. The highest BCUT2D eigenvalue weighted by molar-refractivity contribution is 5.78. The van der Waals surface area contributed by atoms with E-state index < -0.39 is 0 Å². The van der Waals surface area contributed by atoms with Crippen molar-refractivity contribution in [2.24, 2.45) is 11.7 Å². The highest BCUT2D eigenvalue weighted by atomic mass is 16.5.